The first-order valence-electron chi connectivity index (χ1n) is 8.43. The number of aromatic amines is 1. The number of aromatic nitrogens is 3. The quantitative estimate of drug-likeness (QED) is 0.490. The number of nitrogens with zero attached hydrogens (tertiary/aromatic N) is 4. The van der Waals surface area contributed by atoms with E-state index in [0.29, 0.717) is 16.5 Å². The molecule has 0 radical (unpaired) electrons. The number of rotatable bonds is 4. The Morgan fingerprint density at radius 2 is 1.74 bits per heavy atom. The molecular weight excluding hydrogens is 358 g/mol. The maximum absolute atomic E-state index is 12.7. The zero-order chi connectivity index (χ0) is 18.8. The van der Waals surface area contributed by atoms with Crippen LogP contribution in [0.25, 0.3) is 16.4 Å². The average Bonchev–Trinajstić information content (AvgIpc) is 3.27. The molecule has 0 atom stereocenters. The fourth-order valence-electron chi connectivity index (χ4n) is 2.62. The van der Waals surface area contributed by atoms with Crippen molar-refractivity contribution in [2.75, 3.05) is 0 Å². The fourth-order valence-corrected chi connectivity index (χ4v) is 3.41. The van der Waals surface area contributed by atoms with E-state index in [9.17, 15) is 4.79 Å². The summed E-state index contributed by atoms with van der Waals surface area (Å²) in [5.74, 6) is 0. The number of benzene rings is 2. The lowest BCUT2D eigenvalue weighted by Crippen LogP contribution is -2.13. The molecule has 0 saturated carbocycles. The maximum atomic E-state index is 12.7. The minimum atomic E-state index is -0.267. The van der Waals surface area contributed by atoms with Crippen LogP contribution < -0.4 is 5.56 Å². The molecule has 1 N–H and O–H groups in total. The van der Waals surface area contributed by atoms with Crippen LogP contribution in [0.15, 0.2) is 75.0 Å². The van der Waals surface area contributed by atoms with Crippen molar-refractivity contribution in [3.8, 4) is 16.4 Å². The molecule has 2 heterocycles. The van der Waals surface area contributed by atoms with Crippen LogP contribution in [-0.4, -0.2) is 14.8 Å². The molecule has 27 heavy (non-hydrogen) atoms. The van der Waals surface area contributed by atoms with Crippen molar-refractivity contribution in [1.29, 1.82) is 0 Å². The van der Waals surface area contributed by atoms with Gasteiger partial charge in [-0.1, -0.05) is 48.0 Å². The van der Waals surface area contributed by atoms with Crippen LogP contribution >= 0.6 is 11.3 Å². The standard InChI is InChI=1S/C20H17N5OS/c1-13-8-10-15(11-9-13)17-12-27-20(21-17)25-19(26)18(14(2)24-25)23-22-16-6-4-3-5-7-16/h3-12,24H,1-2H3. The van der Waals surface area contributed by atoms with Gasteiger partial charge < -0.3 is 0 Å². The summed E-state index contributed by atoms with van der Waals surface area (Å²) >= 11 is 1.40. The van der Waals surface area contributed by atoms with Gasteiger partial charge in [-0.2, -0.15) is 9.80 Å². The van der Waals surface area contributed by atoms with Gasteiger partial charge in [0.15, 0.2) is 5.69 Å². The fraction of sp³-hybridized carbons (Fsp3) is 0.100. The van der Waals surface area contributed by atoms with Gasteiger partial charge >= 0.3 is 5.56 Å². The minimum Gasteiger partial charge on any atom is -0.291 e. The van der Waals surface area contributed by atoms with Gasteiger partial charge in [0.2, 0.25) is 5.13 Å². The number of azo groups is 1. The van der Waals surface area contributed by atoms with Gasteiger partial charge in [0.05, 0.1) is 17.1 Å². The van der Waals surface area contributed by atoms with Gasteiger partial charge in [-0.25, -0.2) is 4.98 Å². The van der Waals surface area contributed by atoms with Crippen molar-refractivity contribution in [3.63, 3.8) is 0 Å². The van der Waals surface area contributed by atoms with Crippen LogP contribution in [0.4, 0.5) is 11.4 Å². The lowest BCUT2D eigenvalue weighted by Gasteiger charge is -1.97. The smallest absolute Gasteiger partial charge is 0.291 e. The molecule has 0 aliphatic heterocycles. The van der Waals surface area contributed by atoms with E-state index in [0.717, 1.165) is 11.3 Å². The Bertz CT molecular complexity index is 1150. The number of nitrogens with one attached hydrogen (secondary N) is 1. The Balaban J connectivity index is 1.67. The predicted molar refractivity (Wildman–Crippen MR) is 108 cm³/mol. The second-order valence-electron chi connectivity index (χ2n) is 6.14. The van der Waals surface area contributed by atoms with Crippen molar-refractivity contribution in [2.45, 2.75) is 13.8 Å². The second-order valence-corrected chi connectivity index (χ2v) is 6.98. The molecule has 2 aromatic carbocycles. The molecule has 0 bridgehead atoms. The van der Waals surface area contributed by atoms with Crippen molar-refractivity contribution in [3.05, 3.63) is 81.6 Å². The first kappa shape index (κ1) is 17.1. The lowest BCUT2D eigenvalue weighted by molar-refractivity contribution is 0.827. The van der Waals surface area contributed by atoms with Gasteiger partial charge in [0.25, 0.3) is 0 Å². The van der Waals surface area contributed by atoms with Crippen LogP contribution in [0.2, 0.25) is 0 Å². The first-order chi connectivity index (χ1) is 13.1. The van der Waals surface area contributed by atoms with Crippen molar-refractivity contribution in [1.82, 2.24) is 14.8 Å². The Kier molecular flexibility index (Phi) is 4.52. The van der Waals surface area contributed by atoms with Crippen LogP contribution in [0, 0.1) is 13.8 Å². The number of aryl methyl sites for hydroxylation is 2. The van der Waals surface area contributed by atoms with E-state index < -0.39 is 0 Å². The second kappa shape index (κ2) is 7.13. The maximum Gasteiger partial charge on any atom is 0.301 e. The summed E-state index contributed by atoms with van der Waals surface area (Å²) in [5, 5.41) is 13.8. The van der Waals surface area contributed by atoms with E-state index in [1.165, 1.54) is 21.6 Å². The normalized spacial score (nSPS) is 11.3. The monoisotopic (exact) mass is 375 g/mol. The Labute approximate surface area is 159 Å². The number of hydrogen-bond acceptors (Lipinski definition) is 5. The third-order valence-corrected chi connectivity index (χ3v) is 4.92. The third kappa shape index (κ3) is 3.50. The molecule has 0 amide bonds. The Hall–Kier alpha value is -3.32. The molecule has 0 unspecified atom stereocenters. The van der Waals surface area contributed by atoms with E-state index in [-0.39, 0.29) is 11.2 Å². The highest BCUT2D eigenvalue weighted by Gasteiger charge is 2.15. The van der Waals surface area contributed by atoms with Crippen LogP contribution in [0.1, 0.15) is 11.3 Å². The first-order valence-corrected chi connectivity index (χ1v) is 9.31. The highest BCUT2D eigenvalue weighted by molar-refractivity contribution is 7.12. The van der Waals surface area contributed by atoms with Gasteiger partial charge in [-0.15, -0.1) is 16.5 Å². The van der Waals surface area contributed by atoms with Crippen LogP contribution in [0.5, 0.6) is 0 Å². The van der Waals surface area contributed by atoms with Crippen molar-refractivity contribution >= 4 is 22.7 Å². The molecule has 0 aliphatic carbocycles. The van der Waals surface area contributed by atoms with Gasteiger partial charge in [-0.3, -0.25) is 9.89 Å². The summed E-state index contributed by atoms with van der Waals surface area (Å²) in [5.41, 5.74) is 4.40. The highest BCUT2D eigenvalue weighted by Crippen LogP contribution is 2.25. The summed E-state index contributed by atoms with van der Waals surface area (Å²) in [7, 11) is 0. The molecule has 0 spiro atoms. The number of hydrogen-bond donors (Lipinski definition) is 1. The van der Waals surface area contributed by atoms with Gasteiger partial charge in [0, 0.05) is 10.9 Å². The molecule has 7 heteroatoms. The van der Waals surface area contributed by atoms with Crippen LogP contribution in [0.3, 0.4) is 0 Å². The molecule has 2 aromatic heterocycles. The van der Waals surface area contributed by atoms with E-state index in [2.05, 4.69) is 20.3 Å². The lowest BCUT2D eigenvalue weighted by atomic mass is 10.1. The largest absolute Gasteiger partial charge is 0.301 e. The zero-order valence-corrected chi connectivity index (χ0v) is 15.7. The molecule has 0 fully saturated rings. The molecule has 4 aromatic rings. The highest BCUT2D eigenvalue weighted by atomic mass is 32.1. The molecular formula is C20H17N5OS. The van der Waals surface area contributed by atoms with E-state index in [1.807, 2.05) is 66.9 Å². The molecule has 134 valence electrons. The van der Waals surface area contributed by atoms with E-state index >= 15 is 0 Å². The Morgan fingerprint density at radius 3 is 2.48 bits per heavy atom. The number of H-pyrrole nitrogens is 1. The van der Waals surface area contributed by atoms with E-state index in [4.69, 9.17) is 0 Å². The summed E-state index contributed by atoms with van der Waals surface area (Å²) < 4.78 is 1.41. The zero-order valence-electron chi connectivity index (χ0n) is 14.9. The summed E-state index contributed by atoms with van der Waals surface area (Å²) in [6, 6.07) is 17.5. The minimum absolute atomic E-state index is 0.267. The molecule has 6 nitrogen and oxygen atoms in total. The van der Waals surface area contributed by atoms with E-state index in [1.54, 1.807) is 6.92 Å². The summed E-state index contributed by atoms with van der Waals surface area (Å²) in [4.78, 5) is 17.3. The molecule has 4 rings (SSSR count). The predicted octanol–water partition coefficient (Wildman–Crippen LogP) is 5.32. The molecule has 0 saturated heterocycles. The van der Waals surface area contributed by atoms with Gasteiger partial charge in [0.1, 0.15) is 0 Å². The van der Waals surface area contributed by atoms with Crippen LogP contribution in [-0.2, 0) is 0 Å². The van der Waals surface area contributed by atoms with Crippen molar-refractivity contribution < 1.29 is 0 Å². The topological polar surface area (TPSA) is 75.4 Å². The average molecular weight is 375 g/mol. The number of thiazole rings is 1. The SMILES string of the molecule is Cc1ccc(-c2csc(-n3[nH]c(C)c(N=Nc4ccccc4)c3=O)n2)cc1. The van der Waals surface area contributed by atoms with Crippen molar-refractivity contribution in [2.24, 2.45) is 10.2 Å². The third-order valence-electron chi connectivity index (χ3n) is 4.09. The summed E-state index contributed by atoms with van der Waals surface area (Å²) in [6.07, 6.45) is 0. The summed E-state index contributed by atoms with van der Waals surface area (Å²) in [6.45, 7) is 3.84. The Morgan fingerprint density at radius 1 is 1.00 bits per heavy atom. The van der Waals surface area contributed by atoms with Gasteiger partial charge in [-0.05, 0) is 26.0 Å². The molecule has 0 aliphatic rings.